The van der Waals surface area contributed by atoms with Crippen LogP contribution in [0.2, 0.25) is 9.88 Å². The van der Waals surface area contributed by atoms with Crippen molar-refractivity contribution in [2.24, 2.45) is 0 Å². The molecule has 44 valence electrons. The predicted molar refractivity (Wildman–Crippen MR) is 38.9 cm³/mol. The molecule has 3 heteroatoms. The van der Waals surface area contributed by atoms with Gasteiger partial charge in [0.25, 0.3) is 0 Å². The minimum atomic E-state index is -1.75. The summed E-state index contributed by atoms with van der Waals surface area (Å²) in [6, 6.07) is 0. The number of hydrogen-bond donors (Lipinski definition) is 0. The number of alkyl halides is 2. The summed E-state index contributed by atoms with van der Waals surface area (Å²) in [6.45, 7) is 0. The van der Waals surface area contributed by atoms with Crippen molar-refractivity contribution in [2.75, 3.05) is 7.79 Å². The van der Waals surface area contributed by atoms with E-state index >= 15 is 0 Å². The Morgan fingerprint density at radius 2 is 1.43 bits per heavy atom. The van der Waals surface area contributed by atoms with Gasteiger partial charge in [0.1, 0.15) is 0 Å². The van der Waals surface area contributed by atoms with Gasteiger partial charge < -0.3 is 0 Å². The van der Waals surface area contributed by atoms with Crippen molar-refractivity contribution in [1.29, 1.82) is 0 Å². The molecule has 0 heterocycles. The zero-order valence-corrected chi connectivity index (χ0v) is 9.04. The van der Waals surface area contributed by atoms with Crippen LogP contribution in [0, 0.1) is 0 Å². The monoisotopic (exact) mass is 248 g/mol. The molecule has 0 saturated carbocycles. The molecule has 0 spiro atoms. The van der Waals surface area contributed by atoms with Gasteiger partial charge >= 0.3 is 59.2 Å². The van der Waals surface area contributed by atoms with Crippen LogP contribution in [0.25, 0.3) is 0 Å². The molecular formula is C4H10Cl2Sn. The first-order valence-electron chi connectivity index (χ1n) is 2.24. The zero-order chi connectivity index (χ0) is 5.91. The Morgan fingerprint density at radius 3 is 1.43 bits per heavy atom. The molecule has 0 saturated heterocycles. The molecule has 0 aromatic rings. The normalized spacial score (nSPS) is 12.0. The van der Waals surface area contributed by atoms with E-state index in [4.69, 9.17) is 23.2 Å². The van der Waals surface area contributed by atoms with E-state index in [1.54, 1.807) is 0 Å². The van der Waals surface area contributed by atoms with Crippen molar-refractivity contribution >= 4 is 41.6 Å². The van der Waals surface area contributed by atoms with Gasteiger partial charge in [0, 0.05) is 0 Å². The summed E-state index contributed by atoms with van der Waals surface area (Å²) in [5.74, 6) is 0. The van der Waals surface area contributed by atoms with Crippen LogP contribution in [0.15, 0.2) is 0 Å². The third kappa shape index (κ3) is 3.92. The van der Waals surface area contributed by atoms with E-state index in [9.17, 15) is 0 Å². The second kappa shape index (κ2) is 3.41. The molecule has 7 heavy (non-hydrogen) atoms. The van der Waals surface area contributed by atoms with E-state index in [0.29, 0.717) is 0 Å². The van der Waals surface area contributed by atoms with E-state index in [2.05, 4.69) is 9.88 Å². The van der Waals surface area contributed by atoms with Gasteiger partial charge in [-0.05, 0) is 0 Å². The molecule has 0 rings (SSSR count). The summed E-state index contributed by atoms with van der Waals surface area (Å²) < 4.78 is 1.69. The van der Waals surface area contributed by atoms with E-state index in [1.165, 1.54) is 0 Å². The third-order valence-electron chi connectivity index (χ3n) is 0.724. The van der Waals surface area contributed by atoms with Crippen LogP contribution in [0.3, 0.4) is 0 Å². The first kappa shape index (κ1) is 8.38. The van der Waals surface area contributed by atoms with Gasteiger partial charge in [-0.3, -0.25) is 0 Å². The first-order chi connectivity index (χ1) is 3.12. The summed E-state index contributed by atoms with van der Waals surface area (Å²) >= 11 is 9.45. The van der Waals surface area contributed by atoms with Crippen LogP contribution in [-0.4, -0.2) is 26.2 Å². The fourth-order valence-corrected chi connectivity index (χ4v) is 2.16. The maximum absolute atomic E-state index is 5.60. The van der Waals surface area contributed by atoms with Gasteiger partial charge in [0.15, 0.2) is 0 Å². The molecule has 0 bridgehead atoms. The molecule has 0 nitrogen and oxygen atoms in total. The summed E-state index contributed by atoms with van der Waals surface area (Å²) in [5, 5.41) is 0. The average Bonchev–Trinajstić information content (AvgIpc) is 1.68. The fraction of sp³-hybridized carbons (Fsp3) is 1.00. The third-order valence-corrected chi connectivity index (χ3v) is 14.6. The molecule has 0 atom stereocenters. The van der Waals surface area contributed by atoms with E-state index in [1.807, 2.05) is 0 Å². The molecule has 0 amide bonds. The van der Waals surface area contributed by atoms with Crippen LogP contribution >= 0.6 is 23.2 Å². The second-order valence-electron chi connectivity index (χ2n) is 2.43. The van der Waals surface area contributed by atoms with Crippen molar-refractivity contribution in [3.8, 4) is 0 Å². The Labute approximate surface area is 59.1 Å². The standard InChI is InChI=1S/2CH2Cl.2CH3.Sn/c2*1-2;;;/h2*1H2;2*1H3;. The average molecular weight is 248 g/mol. The van der Waals surface area contributed by atoms with Crippen LogP contribution in [0.5, 0.6) is 0 Å². The van der Waals surface area contributed by atoms with Gasteiger partial charge in [-0.1, -0.05) is 0 Å². The van der Waals surface area contributed by atoms with Crippen LogP contribution < -0.4 is 0 Å². The van der Waals surface area contributed by atoms with Crippen LogP contribution in [0.4, 0.5) is 0 Å². The van der Waals surface area contributed by atoms with Crippen LogP contribution in [-0.2, 0) is 0 Å². The Kier molecular flexibility index (Phi) is 4.09. The first-order valence-corrected chi connectivity index (χ1v) is 13.1. The molecule has 0 radical (unpaired) electrons. The fourth-order valence-electron chi connectivity index (χ4n) is 0.0357. The second-order valence-corrected chi connectivity index (χ2v) is 19.9. The summed E-state index contributed by atoms with van der Waals surface area (Å²) in [6.07, 6.45) is 0. The SMILES string of the molecule is [CH3][Sn]([CH3])([CH2]Cl)[CH2]Cl. The summed E-state index contributed by atoms with van der Waals surface area (Å²) in [7, 11) is 0. The molecule has 0 aliphatic heterocycles. The van der Waals surface area contributed by atoms with E-state index in [0.717, 1.165) is 7.79 Å². The molecule has 0 unspecified atom stereocenters. The number of hydrogen-bond acceptors (Lipinski definition) is 0. The van der Waals surface area contributed by atoms with Gasteiger partial charge in [-0.2, -0.15) is 0 Å². The van der Waals surface area contributed by atoms with Crippen molar-refractivity contribution in [3.05, 3.63) is 0 Å². The molecule has 0 aromatic carbocycles. The van der Waals surface area contributed by atoms with Gasteiger partial charge in [-0.15, -0.1) is 0 Å². The van der Waals surface area contributed by atoms with Crippen molar-refractivity contribution < 1.29 is 0 Å². The number of halogens is 2. The molecular weight excluding hydrogens is 238 g/mol. The van der Waals surface area contributed by atoms with Gasteiger partial charge in [-0.25, -0.2) is 0 Å². The Hall–Kier alpha value is 1.38. The minimum absolute atomic E-state index is 0.845. The Morgan fingerprint density at radius 1 is 1.14 bits per heavy atom. The predicted octanol–water partition coefficient (Wildman–Crippen LogP) is 2.25. The Bertz CT molecular complexity index is 47.7. The molecule has 0 aliphatic rings. The molecule has 0 aliphatic carbocycles. The molecule has 0 N–H and O–H groups in total. The van der Waals surface area contributed by atoms with Crippen molar-refractivity contribution in [3.63, 3.8) is 0 Å². The van der Waals surface area contributed by atoms with E-state index < -0.39 is 18.4 Å². The van der Waals surface area contributed by atoms with Crippen molar-refractivity contribution in [2.45, 2.75) is 9.88 Å². The van der Waals surface area contributed by atoms with E-state index in [-0.39, 0.29) is 0 Å². The van der Waals surface area contributed by atoms with Gasteiger partial charge in [0.05, 0.1) is 0 Å². The van der Waals surface area contributed by atoms with Gasteiger partial charge in [0.2, 0.25) is 0 Å². The topological polar surface area (TPSA) is 0 Å². The quantitative estimate of drug-likeness (QED) is 0.519. The molecule has 0 aromatic heterocycles. The maximum atomic E-state index is 5.60. The number of rotatable bonds is 2. The van der Waals surface area contributed by atoms with Crippen molar-refractivity contribution in [1.82, 2.24) is 0 Å². The Balaban J connectivity index is 3.36. The zero-order valence-electron chi connectivity index (χ0n) is 4.67. The summed E-state index contributed by atoms with van der Waals surface area (Å²) in [4.78, 5) is 4.49. The van der Waals surface area contributed by atoms with Crippen LogP contribution in [0.1, 0.15) is 0 Å². The molecule has 0 fully saturated rings. The summed E-state index contributed by atoms with van der Waals surface area (Å²) in [5.41, 5.74) is 0.